The highest BCUT2D eigenvalue weighted by Crippen LogP contribution is 2.37. The minimum atomic E-state index is -0.743. The molecule has 2 unspecified atom stereocenters. The van der Waals surface area contributed by atoms with Gasteiger partial charge in [-0.1, -0.05) is 31.0 Å². The Morgan fingerprint density at radius 3 is 2.22 bits per heavy atom. The summed E-state index contributed by atoms with van der Waals surface area (Å²) >= 11 is 0. The summed E-state index contributed by atoms with van der Waals surface area (Å²) in [6, 6.07) is 9.09. The van der Waals surface area contributed by atoms with Crippen LogP contribution in [0.2, 0.25) is 0 Å². The first kappa shape index (κ1) is 19.1. The van der Waals surface area contributed by atoms with E-state index >= 15 is 0 Å². The molecule has 2 fully saturated rings. The fourth-order valence-corrected chi connectivity index (χ4v) is 3.89. The van der Waals surface area contributed by atoms with Crippen LogP contribution >= 0.6 is 0 Å². The molecule has 1 aromatic rings. The van der Waals surface area contributed by atoms with Crippen molar-refractivity contribution in [3.8, 4) is 0 Å². The molecule has 7 heteroatoms. The predicted molar refractivity (Wildman–Crippen MR) is 97.6 cm³/mol. The van der Waals surface area contributed by atoms with Gasteiger partial charge in [-0.2, -0.15) is 0 Å². The number of nitrogens with zero attached hydrogens (tertiary/aromatic N) is 2. The first-order valence-corrected chi connectivity index (χ1v) is 9.39. The van der Waals surface area contributed by atoms with Crippen LogP contribution in [0.4, 0.5) is 5.69 Å². The maximum Gasteiger partial charge on any atom is 0.326 e. The molecule has 1 heterocycles. The molecule has 144 valence electrons. The number of ether oxygens (including phenoxy) is 1. The van der Waals surface area contributed by atoms with Crippen LogP contribution in [0.15, 0.2) is 30.3 Å². The minimum absolute atomic E-state index is 0.285. The Kier molecular flexibility index (Phi) is 5.88. The number of carbonyl (C=O) groups is 4. The summed E-state index contributed by atoms with van der Waals surface area (Å²) in [5.74, 6) is -2.26. The molecule has 1 aliphatic heterocycles. The average molecular weight is 372 g/mol. The Morgan fingerprint density at radius 1 is 1.07 bits per heavy atom. The molecule has 2 aliphatic rings. The molecule has 1 saturated heterocycles. The Labute approximate surface area is 158 Å². The molecule has 1 aromatic carbocycles. The molecule has 0 aromatic heterocycles. The van der Waals surface area contributed by atoms with Crippen molar-refractivity contribution in [1.82, 2.24) is 4.90 Å². The number of hydrogen-bond donors (Lipinski definition) is 0. The normalized spacial score (nSPS) is 21.7. The Morgan fingerprint density at radius 2 is 1.67 bits per heavy atom. The topological polar surface area (TPSA) is 84.0 Å². The number of anilines is 1. The van der Waals surface area contributed by atoms with Gasteiger partial charge in [-0.15, -0.1) is 0 Å². The number of carbonyl (C=O) groups excluding carboxylic acids is 4. The summed E-state index contributed by atoms with van der Waals surface area (Å²) in [5, 5.41) is 0. The van der Waals surface area contributed by atoms with Crippen LogP contribution < -0.4 is 4.90 Å². The number of rotatable bonds is 6. The van der Waals surface area contributed by atoms with E-state index in [2.05, 4.69) is 0 Å². The summed E-state index contributed by atoms with van der Waals surface area (Å²) in [5.41, 5.74) is 0.718. The lowest BCUT2D eigenvalue weighted by atomic mass is 9.81. The van der Waals surface area contributed by atoms with Gasteiger partial charge in [0, 0.05) is 12.2 Å². The van der Waals surface area contributed by atoms with Gasteiger partial charge in [0.05, 0.1) is 11.8 Å². The molecule has 2 atom stereocenters. The van der Waals surface area contributed by atoms with Crippen LogP contribution in [0.5, 0.6) is 0 Å². The van der Waals surface area contributed by atoms with Gasteiger partial charge in [0.1, 0.15) is 6.54 Å². The standard InChI is InChI=1S/C20H24N2O5/c1-2-21(14-8-4-3-5-9-14)17(23)13-27-18(24)12-22-19(25)15-10-6-7-11-16(15)20(22)26/h3-5,8-9,15-16H,2,6-7,10-13H2,1H3. The summed E-state index contributed by atoms with van der Waals surface area (Å²) in [7, 11) is 0. The van der Waals surface area contributed by atoms with E-state index in [-0.39, 0.29) is 29.6 Å². The summed E-state index contributed by atoms with van der Waals surface area (Å²) in [4.78, 5) is 51.7. The SMILES string of the molecule is CCN(C(=O)COC(=O)CN1C(=O)C2CCCCC2C1=O)c1ccccc1. The van der Waals surface area contributed by atoms with Crippen molar-refractivity contribution in [3.63, 3.8) is 0 Å². The lowest BCUT2D eigenvalue weighted by Crippen LogP contribution is -2.39. The van der Waals surface area contributed by atoms with Gasteiger partial charge in [-0.05, 0) is 31.9 Å². The average Bonchev–Trinajstić information content (AvgIpc) is 2.93. The van der Waals surface area contributed by atoms with E-state index in [1.807, 2.05) is 25.1 Å². The number of amides is 3. The van der Waals surface area contributed by atoms with E-state index in [1.54, 1.807) is 12.1 Å². The second-order valence-electron chi connectivity index (χ2n) is 6.89. The van der Waals surface area contributed by atoms with Gasteiger partial charge in [0.25, 0.3) is 5.91 Å². The van der Waals surface area contributed by atoms with Crippen molar-refractivity contribution >= 4 is 29.4 Å². The highest BCUT2D eigenvalue weighted by Gasteiger charge is 2.48. The molecular weight excluding hydrogens is 348 g/mol. The number of hydrogen-bond acceptors (Lipinski definition) is 5. The molecule has 0 N–H and O–H groups in total. The quantitative estimate of drug-likeness (QED) is 0.561. The van der Waals surface area contributed by atoms with Gasteiger partial charge >= 0.3 is 5.97 Å². The third-order valence-corrected chi connectivity index (χ3v) is 5.26. The molecule has 1 aliphatic carbocycles. The third-order valence-electron chi connectivity index (χ3n) is 5.26. The first-order chi connectivity index (χ1) is 13.0. The zero-order chi connectivity index (χ0) is 19.4. The third kappa shape index (κ3) is 4.02. The number of fused-ring (bicyclic) bond motifs is 1. The zero-order valence-corrected chi connectivity index (χ0v) is 15.4. The summed E-state index contributed by atoms with van der Waals surface area (Å²) < 4.78 is 5.04. The van der Waals surface area contributed by atoms with E-state index in [0.717, 1.165) is 23.4 Å². The van der Waals surface area contributed by atoms with Crippen LogP contribution in [0, 0.1) is 11.8 Å². The molecule has 27 heavy (non-hydrogen) atoms. The van der Waals surface area contributed by atoms with Gasteiger partial charge in [0.2, 0.25) is 11.8 Å². The van der Waals surface area contributed by atoms with Crippen LogP contribution in [0.25, 0.3) is 0 Å². The number of likely N-dealkylation sites (N-methyl/N-ethyl adjacent to an activating group) is 1. The smallest absolute Gasteiger partial charge is 0.326 e. The molecule has 0 spiro atoms. The van der Waals surface area contributed by atoms with E-state index in [9.17, 15) is 19.2 Å². The number of likely N-dealkylation sites (tertiary alicyclic amines) is 1. The lowest BCUT2D eigenvalue weighted by Gasteiger charge is -2.21. The maximum absolute atomic E-state index is 12.4. The molecule has 0 bridgehead atoms. The maximum atomic E-state index is 12.4. The zero-order valence-electron chi connectivity index (χ0n) is 15.4. The van der Waals surface area contributed by atoms with E-state index < -0.39 is 19.1 Å². The predicted octanol–water partition coefficient (Wildman–Crippen LogP) is 1.76. The summed E-state index contributed by atoms with van der Waals surface area (Å²) in [6.45, 7) is 1.42. The van der Waals surface area contributed by atoms with Crippen molar-refractivity contribution in [2.24, 2.45) is 11.8 Å². The van der Waals surface area contributed by atoms with Gasteiger partial charge in [-0.25, -0.2) is 0 Å². The Hall–Kier alpha value is -2.70. The first-order valence-electron chi connectivity index (χ1n) is 9.39. The van der Waals surface area contributed by atoms with Crippen molar-refractivity contribution in [2.75, 3.05) is 24.6 Å². The molecule has 3 amide bonds. The van der Waals surface area contributed by atoms with Gasteiger partial charge < -0.3 is 9.64 Å². The second-order valence-corrected chi connectivity index (χ2v) is 6.89. The number of para-hydroxylation sites is 1. The van der Waals surface area contributed by atoms with Crippen LogP contribution in [-0.4, -0.2) is 48.3 Å². The highest BCUT2D eigenvalue weighted by molar-refractivity contribution is 6.07. The van der Waals surface area contributed by atoms with Crippen molar-refractivity contribution in [1.29, 1.82) is 0 Å². The minimum Gasteiger partial charge on any atom is -0.454 e. The Balaban J connectivity index is 1.54. The van der Waals surface area contributed by atoms with E-state index in [4.69, 9.17) is 4.74 Å². The number of benzene rings is 1. The lowest BCUT2D eigenvalue weighted by molar-refractivity contribution is -0.154. The fraction of sp³-hybridized carbons (Fsp3) is 0.500. The highest BCUT2D eigenvalue weighted by atomic mass is 16.5. The van der Waals surface area contributed by atoms with Crippen LogP contribution in [0.1, 0.15) is 32.6 Å². The molecule has 7 nitrogen and oxygen atoms in total. The molecular formula is C20H24N2O5. The summed E-state index contributed by atoms with van der Waals surface area (Å²) in [6.07, 6.45) is 3.25. The molecule has 0 radical (unpaired) electrons. The monoisotopic (exact) mass is 372 g/mol. The number of imide groups is 1. The van der Waals surface area contributed by atoms with Gasteiger partial charge in [-0.3, -0.25) is 24.1 Å². The van der Waals surface area contributed by atoms with Crippen LogP contribution in [-0.2, 0) is 23.9 Å². The fourth-order valence-electron chi connectivity index (χ4n) is 3.89. The van der Waals surface area contributed by atoms with Gasteiger partial charge in [0.15, 0.2) is 6.61 Å². The van der Waals surface area contributed by atoms with E-state index in [0.29, 0.717) is 19.4 Å². The molecule has 1 saturated carbocycles. The van der Waals surface area contributed by atoms with Crippen molar-refractivity contribution in [2.45, 2.75) is 32.6 Å². The van der Waals surface area contributed by atoms with Crippen molar-refractivity contribution in [3.05, 3.63) is 30.3 Å². The van der Waals surface area contributed by atoms with Crippen LogP contribution in [0.3, 0.4) is 0 Å². The second kappa shape index (κ2) is 8.33. The molecule has 3 rings (SSSR count). The van der Waals surface area contributed by atoms with Crippen molar-refractivity contribution < 1.29 is 23.9 Å². The largest absolute Gasteiger partial charge is 0.454 e. The van der Waals surface area contributed by atoms with E-state index in [1.165, 1.54) is 4.90 Å². The Bertz CT molecular complexity index is 709. The number of esters is 1.